The summed E-state index contributed by atoms with van der Waals surface area (Å²) < 4.78 is 12.9. The number of rotatable bonds is 3. The minimum atomic E-state index is -0.592. The molecule has 0 saturated heterocycles. The Bertz CT molecular complexity index is 1310. The molecular formula is C22H22ClN7O4. The normalized spacial score (nSPS) is 17.5. The second-order valence-corrected chi connectivity index (χ2v) is 8.45. The van der Waals surface area contributed by atoms with Gasteiger partial charge in [0.25, 0.3) is 11.5 Å². The third-order valence-corrected chi connectivity index (χ3v) is 6.06. The van der Waals surface area contributed by atoms with E-state index in [1.807, 2.05) is 11.9 Å². The van der Waals surface area contributed by atoms with Gasteiger partial charge in [-0.2, -0.15) is 0 Å². The Morgan fingerprint density at radius 2 is 2.00 bits per heavy atom. The van der Waals surface area contributed by atoms with E-state index in [0.29, 0.717) is 43.5 Å². The van der Waals surface area contributed by atoms with Gasteiger partial charge in [0, 0.05) is 31.9 Å². The van der Waals surface area contributed by atoms with Gasteiger partial charge in [0.05, 0.1) is 27.7 Å². The number of hydrogen-bond donors (Lipinski definition) is 2. The first-order valence-corrected chi connectivity index (χ1v) is 11.1. The Hall–Kier alpha value is -3.70. The largest absolute Gasteiger partial charge is 0.485 e. The summed E-state index contributed by atoms with van der Waals surface area (Å²) in [6, 6.07) is 3.98. The predicted molar refractivity (Wildman–Crippen MR) is 124 cm³/mol. The fourth-order valence-corrected chi connectivity index (χ4v) is 4.25. The Morgan fingerprint density at radius 1 is 1.21 bits per heavy atom. The van der Waals surface area contributed by atoms with Crippen LogP contribution in [-0.4, -0.2) is 63.7 Å². The number of likely N-dealkylation sites (N-methyl/N-ethyl adjacent to an activating group) is 1. The first-order valence-electron chi connectivity index (χ1n) is 10.7. The molecule has 0 fully saturated rings. The standard InChI is InChI=1S/C22H22ClN7O4/c1-29-4-5-30-17(31)9-15(14-2-3-25-11-26-14)27-21(30)16(10-29)28-22(32)12-8-13(23)18(24)20-19(12)33-6-7-34-20/h2-3,8-9,11,16H,4-7,10,24H2,1H3,(H,28,32). The summed E-state index contributed by atoms with van der Waals surface area (Å²) in [6.07, 6.45) is 2.97. The lowest BCUT2D eigenvalue weighted by Crippen LogP contribution is -2.38. The summed E-state index contributed by atoms with van der Waals surface area (Å²) in [5.41, 5.74) is 7.13. The highest BCUT2D eigenvalue weighted by Gasteiger charge is 2.30. The van der Waals surface area contributed by atoms with E-state index < -0.39 is 11.9 Å². The smallest absolute Gasteiger partial charge is 0.255 e. The van der Waals surface area contributed by atoms with Crippen molar-refractivity contribution >= 4 is 23.2 Å². The van der Waals surface area contributed by atoms with Crippen LogP contribution in [-0.2, 0) is 6.54 Å². The Labute approximate surface area is 199 Å². The van der Waals surface area contributed by atoms with Crippen LogP contribution in [0.25, 0.3) is 11.4 Å². The minimum Gasteiger partial charge on any atom is -0.485 e. The maximum Gasteiger partial charge on any atom is 0.255 e. The van der Waals surface area contributed by atoms with Crippen molar-refractivity contribution in [2.24, 2.45) is 0 Å². The van der Waals surface area contributed by atoms with Gasteiger partial charge in [0.2, 0.25) is 0 Å². The van der Waals surface area contributed by atoms with Crippen molar-refractivity contribution in [2.45, 2.75) is 12.6 Å². The number of ether oxygens (including phenoxy) is 2. The van der Waals surface area contributed by atoms with Gasteiger partial charge in [-0.15, -0.1) is 0 Å². The molecule has 0 bridgehead atoms. The molecule has 11 nitrogen and oxygen atoms in total. The Balaban J connectivity index is 1.55. The predicted octanol–water partition coefficient (Wildman–Crippen LogP) is 1.12. The SMILES string of the molecule is CN1CCn2c(nc(-c3ccncn3)cc2=O)C(NC(=O)c2cc(Cl)c(N)c3c2OCCO3)C1. The van der Waals surface area contributed by atoms with Crippen molar-refractivity contribution in [1.29, 1.82) is 0 Å². The van der Waals surface area contributed by atoms with Crippen LogP contribution in [0.15, 0.2) is 35.5 Å². The van der Waals surface area contributed by atoms with Crippen LogP contribution >= 0.6 is 11.6 Å². The van der Waals surface area contributed by atoms with Crippen LogP contribution in [0.2, 0.25) is 5.02 Å². The first-order chi connectivity index (χ1) is 16.4. The summed E-state index contributed by atoms with van der Waals surface area (Å²) in [4.78, 5) is 41.2. The molecule has 1 atom stereocenters. The zero-order valence-electron chi connectivity index (χ0n) is 18.3. The monoisotopic (exact) mass is 483 g/mol. The number of amides is 1. The molecule has 0 aliphatic carbocycles. The molecule has 1 aromatic carbocycles. The van der Waals surface area contributed by atoms with Crippen molar-refractivity contribution in [3.05, 3.63) is 57.5 Å². The van der Waals surface area contributed by atoms with Gasteiger partial charge < -0.3 is 25.4 Å². The molecular weight excluding hydrogens is 462 g/mol. The van der Waals surface area contributed by atoms with Gasteiger partial charge in [-0.25, -0.2) is 15.0 Å². The number of nitrogen functional groups attached to an aromatic ring is 1. The van der Waals surface area contributed by atoms with Gasteiger partial charge in [0.1, 0.15) is 31.4 Å². The third-order valence-electron chi connectivity index (χ3n) is 5.74. The van der Waals surface area contributed by atoms with E-state index >= 15 is 0 Å². The number of carbonyl (C=O) groups excluding carboxylic acids is 1. The highest BCUT2D eigenvalue weighted by molar-refractivity contribution is 6.34. The van der Waals surface area contributed by atoms with Crippen LogP contribution in [0.5, 0.6) is 11.5 Å². The van der Waals surface area contributed by atoms with Gasteiger partial charge in [-0.3, -0.25) is 14.2 Å². The van der Waals surface area contributed by atoms with Gasteiger partial charge >= 0.3 is 0 Å². The Kier molecular flexibility index (Phi) is 5.80. The molecule has 3 aromatic rings. The molecule has 5 rings (SSSR count). The summed E-state index contributed by atoms with van der Waals surface area (Å²) in [6.45, 7) is 2.08. The molecule has 2 aromatic heterocycles. The van der Waals surface area contributed by atoms with Gasteiger partial charge in [-0.1, -0.05) is 11.6 Å². The lowest BCUT2D eigenvalue weighted by atomic mass is 10.1. The molecule has 2 aliphatic rings. The molecule has 4 heterocycles. The third kappa shape index (κ3) is 4.03. The van der Waals surface area contributed by atoms with Crippen LogP contribution in [0.4, 0.5) is 5.69 Å². The number of aromatic nitrogens is 4. The Morgan fingerprint density at radius 3 is 2.76 bits per heavy atom. The van der Waals surface area contributed by atoms with Gasteiger partial charge in [0.15, 0.2) is 11.5 Å². The average Bonchev–Trinajstić information content (AvgIpc) is 3.00. The van der Waals surface area contributed by atoms with E-state index in [9.17, 15) is 9.59 Å². The number of nitrogens with zero attached hydrogens (tertiary/aromatic N) is 5. The van der Waals surface area contributed by atoms with Crippen LogP contribution < -0.4 is 26.1 Å². The van der Waals surface area contributed by atoms with E-state index in [1.54, 1.807) is 16.8 Å². The summed E-state index contributed by atoms with van der Waals surface area (Å²) in [7, 11) is 1.92. The quantitative estimate of drug-likeness (QED) is 0.525. The first kappa shape index (κ1) is 22.1. The van der Waals surface area contributed by atoms with Crippen molar-refractivity contribution < 1.29 is 14.3 Å². The molecule has 34 heavy (non-hydrogen) atoms. The minimum absolute atomic E-state index is 0.188. The summed E-state index contributed by atoms with van der Waals surface area (Å²) in [5.74, 6) is 0.485. The van der Waals surface area contributed by atoms with Crippen LogP contribution in [0.3, 0.4) is 0 Å². The van der Waals surface area contributed by atoms with E-state index in [4.69, 9.17) is 31.8 Å². The number of carbonyl (C=O) groups is 1. The second kappa shape index (κ2) is 8.92. The zero-order chi connectivity index (χ0) is 23.8. The topological polar surface area (TPSA) is 137 Å². The van der Waals surface area contributed by atoms with Crippen molar-refractivity contribution in [3.8, 4) is 22.9 Å². The van der Waals surface area contributed by atoms with Crippen molar-refractivity contribution in [2.75, 3.05) is 39.1 Å². The molecule has 1 unspecified atom stereocenters. The van der Waals surface area contributed by atoms with Gasteiger partial charge in [-0.05, 0) is 19.2 Å². The molecule has 0 radical (unpaired) electrons. The zero-order valence-corrected chi connectivity index (χ0v) is 19.1. The lowest BCUT2D eigenvalue weighted by molar-refractivity contribution is 0.0916. The molecule has 12 heteroatoms. The number of nitrogens with one attached hydrogen (secondary N) is 1. The summed E-state index contributed by atoms with van der Waals surface area (Å²) >= 11 is 6.26. The highest BCUT2D eigenvalue weighted by Crippen LogP contribution is 2.43. The van der Waals surface area contributed by atoms with Crippen LogP contribution in [0, 0.1) is 0 Å². The maximum atomic E-state index is 13.4. The fraction of sp³-hybridized carbons (Fsp3) is 0.318. The second-order valence-electron chi connectivity index (χ2n) is 8.05. The number of anilines is 1. The summed E-state index contributed by atoms with van der Waals surface area (Å²) in [5, 5.41) is 3.18. The number of benzene rings is 1. The molecule has 1 amide bonds. The fourth-order valence-electron chi connectivity index (χ4n) is 4.06. The van der Waals surface area contributed by atoms with Crippen molar-refractivity contribution in [1.82, 2.24) is 29.7 Å². The number of fused-ring (bicyclic) bond motifs is 2. The van der Waals surface area contributed by atoms with Crippen molar-refractivity contribution in [3.63, 3.8) is 0 Å². The average molecular weight is 484 g/mol. The molecule has 2 aliphatic heterocycles. The maximum absolute atomic E-state index is 13.4. The molecule has 0 saturated carbocycles. The number of nitrogens with two attached hydrogens (primary N) is 1. The van der Waals surface area contributed by atoms with Crippen LogP contribution in [0.1, 0.15) is 22.2 Å². The van der Waals surface area contributed by atoms with E-state index in [-0.39, 0.29) is 39.9 Å². The van der Waals surface area contributed by atoms with E-state index in [0.717, 1.165) is 0 Å². The van der Waals surface area contributed by atoms with E-state index in [2.05, 4.69) is 15.3 Å². The number of halogens is 1. The lowest BCUT2D eigenvalue weighted by Gasteiger charge is -2.25. The molecule has 0 spiro atoms. The highest BCUT2D eigenvalue weighted by atomic mass is 35.5. The molecule has 3 N–H and O–H groups in total. The molecule has 176 valence electrons. The van der Waals surface area contributed by atoms with E-state index in [1.165, 1.54) is 18.5 Å². The number of hydrogen-bond acceptors (Lipinski definition) is 9.